The Balaban J connectivity index is 2.36. The molecular weight excluding hydrogens is 314 g/mol. The molecule has 3 rings (SSSR count). The molecule has 0 spiro atoms. The van der Waals surface area contributed by atoms with Crippen LogP contribution in [0.4, 0.5) is 4.39 Å². The summed E-state index contributed by atoms with van der Waals surface area (Å²) in [4.78, 5) is 4.45. The Bertz CT molecular complexity index is 817. The minimum Gasteiger partial charge on any atom is -0.497 e. The largest absolute Gasteiger partial charge is 0.497 e. The van der Waals surface area contributed by atoms with Crippen LogP contribution in [0.2, 0.25) is 5.02 Å². The molecule has 1 aromatic heterocycles. The molecular formula is C15H11Cl2FN2O. The van der Waals surface area contributed by atoms with Gasteiger partial charge in [-0.1, -0.05) is 11.6 Å². The molecule has 0 fully saturated rings. The number of rotatable bonds is 3. The Labute approximate surface area is 130 Å². The number of methoxy groups -OCH3 is 1. The molecule has 0 aliphatic carbocycles. The molecule has 3 nitrogen and oxygen atoms in total. The fraction of sp³-hybridized carbons (Fsp3) is 0.133. The first kappa shape index (κ1) is 14.2. The zero-order valence-electron chi connectivity index (χ0n) is 11.1. The van der Waals surface area contributed by atoms with E-state index in [0.717, 1.165) is 11.0 Å². The van der Waals surface area contributed by atoms with Crippen LogP contribution in [0, 0.1) is 5.82 Å². The van der Waals surface area contributed by atoms with E-state index in [4.69, 9.17) is 27.9 Å². The zero-order valence-corrected chi connectivity index (χ0v) is 12.6. The third kappa shape index (κ3) is 2.45. The maximum Gasteiger partial charge on any atom is 0.129 e. The molecule has 0 radical (unpaired) electrons. The first-order chi connectivity index (χ1) is 10.1. The summed E-state index contributed by atoms with van der Waals surface area (Å²) in [5.41, 5.74) is 2.01. The highest BCUT2D eigenvalue weighted by Crippen LogP contribution is 2.30. The topological polar surface area (TPSA) is 27.1 Å². The zero-order chi connectivity index (χ0) is 15.0. The van der Waals surface area contributed by atoms with Crippen molar-refractivity contribution in [2.45, 2.75) is 5.88 Å². The number of hydrogen-bond acceptors (Lipinski definition) is 2. The quantitative estimate of drug-likeness (QED) is 0.660. The molecule has 3 aromatic rings. The van der Waals surface area contributed by atoms with Gasteiger partial charge in [-0.15, -0.1) is 11.6 Å². The van der Waals surface area contributed by atoms with Crippen LogP contribution >= 0.6 is 23.2 Å². The van der Waals surface area contributed by atoms with Crippen molar-refractivity contribution in [1.82, 2.24) is 9.55 Å². The van der Waals surface area contributed by atoms with E-state index in [-0.39, 0.29) is 11.7 Å². The highest BCUT2D eigenvalue weighted by atomic mass is 35.5. The molecule has 2 aromatic carbocycles. The summed E-state index contributed by atoms with van der Waals surface area (Å²) >= 11 is 12.2. The number of benzene rings is 2. The lowest BCUT2D eigenvalue weighted by atomic mass is 10.2. The number of fused-ring (bicyclic) bond motifs is 1. The van der Waals surface area contributed by atoms with Crippen LogP contribution in [0.15, 0.2) is 36.4 Å². The van der Waals surface area contributed by atoms with Gasteiger partial charge in [0.05, 0.1) is 34.7 Å². The maximum absolute atomic E-state index is 13.6. The number of aromatic nitrogens is 2. The Kier molecular flexibility index (Phi) is 3.74. The molecule has 0 unspecified atom stereocenters. The van der Waals surface area contributed by atoms with E-state index in [2.05, 4.69) is 4.98 Å². The van der Waals surface area contributed by atoms with Gasteiger partial charge in [0.2, 0.25) is 0 Å². The third-order valence-electron chi connectivity index (χ3n) is 3.20. The normalized spacial score (nSPS) is 11.0. The van der Waals surface area contributed by atoms with Crippen molar-refractivity contribution < 1.29 is 9.13 Å². The minimum atomic E-state index is -0.375. The third-order valence-corrected chi connectivity index (χ3v) is 3.76. The summed E-state index contributed by atoms with van der Waals surface area (Å²) in [5, 5.41) is 0.421. The first-order valence-corrected chi connectivity index (χ1v) is 7.12. The van der Waals surface area contributed by atoms with Crippen molar-refractivity contribution in [3.8, 4) is 11.4 Å². The summed E-state index contributed by atoms with van der Waals surface area (Å²) in [6.07, 6.45) is 0. The Morgan fingerprint density at radius 2 is 2.05 bits per heavy atom. The van der Waals surface area contributed by atoms with Crippen molar-refractivity contribution in [3.05, 3.63) is 53.1 Å². The lowest BCUT2D eigenvalue weighted by Gasteiger charge is -2.10. The molecule has 21 heavy (non-hydrogen) atoms. The summed E-state index contributed by atoms with van der Waals surface area (Å²) in [6.45, 7) is 0. The van der Waals surface area contributed by atoms with Crippen molar-refractivity contribution in [3.63, 3.8) is 0 Å². The molecule has 0 N–H and O–H groups in total. The molecule has 0 amide bonds. The van der Waals surface area contributed by atoms with Gasteiger partial charge in [0.1, 0.15) is 17.4 Å². The fourth-order valence-corrected chi connectivity index (χ4v) is 2.63. The van der Waals surface area contributed by atoms with E-state index >= 15 is 0 Å². The lowest BCUT2D eigenvalue weighted by Crippen LogP contribution is -2.01. The van der Waals surface area contributed by atoms with Gasteiger partial charge in [0.15, 0.2) is 0 Å². The summed E-state index contributed by atoms with van der Waals surface area (Å²) in [5.74, 6) is 1.08. The van der Waals surface area contributed by atoms with Gasteiger partial charge in [0, 0.05) is 6.07 Å². The standard InChI is InChI=1S/C15H11Cl2FN2O/c1-21-10-3-5-12-14(7-10)20(15(8-16)19-12)13-6-9(18)2-4-11(13)17/h2-7H,8H2,1H3. The molecule has 1 heterocycles. The van der Waals surface area contributed by atoms with E-state index in [1.807, 2.05) is 18.2 Å². The lowest BCUT2D eigenvalue weighted by molar-refractivity contribution is 0.415. The van der Waals surface area contributed by atoms with Crippen LogP contribution in [-0.4, -0.2) is 16.7 Å². The van der Waals surface area contributed by atoms with Crippen LogP contribution in [0.25, 0.3) is 16.7 Å². The van der Waals surface area contributed by atoms with Crippen molar-refractivity contribution in [1.29, 1.82) is 0 Å². The van der Waals surface area contributed by atoms with E-state index < -0.39 is 0 Å². The van der Waals surface area contributed by atoms with Gasteiger partial charge in [-0.2, -0.15) is 0 Å². The van der Waals surface area contributed by atoms with E-state index in [1.165, 1.54) is 18.2 Å². The van der Waals surface area contributed by atoms with Crippen molar-refractivity contribution in [2.24, 2.45) is 0 Å². The molecule has 0 atom stereocenters. The summed E-state index contributed by atoms with van der Waals surface area (Å²) in [7, 11) is 1.58. The number of halogens is 3. The monoisotopic (exact) mass is 324 g/mol. The molecule has 6 heteroatoms. The van der Waals surface area contributed by atoms with Crippen LogP contribution in [0.5, 0.6) is 5.75 Å². The SMILES string of the molecule is COc1ccc2nc(CCl)n(-c3cc(F)ccc3Cl)c2c1. The first-order valence-electron chi connectivity index (χ1n) is 6.21. The Morgan fingerprint density at radius 1 is 1.24 bits per heavy atom. The van der Waals surface area contributed by atoms with Gasteiger partial charge in [-0.25, -0.2) is 9.37 Å². The van der Waals surface area contributed by atoms with E-state index in [1.54, 1.807) is 11.7 Å². The van der Waals surface area contributed by atoms with Crippen LogP contribution in [0.3, 0.4) is 0 Å². The molecule has 0 aliphatic heterocycles. The number of alkyl halides is 1. The van der Waals surface area contributed by atoms with Crippen molar-refractivity contribution in [2.75, 3.05) is 7.11 Å². The van der Waals surface area contributed by atoms with Gasteiger partial charge in [-0.05, 0) is 30.3 Å². The second kappa shape index (κ2) is 5.54. The van der Waals surface area contributed by atoms with Crippen LogP contribution < -0.4 is 4.74 Å². The molecule has 0 saturated heterocycles. The van der Waals surface area contributed by atoms with Gasteiger partial charge >= 0.3 is 0 Å². The summed E-state index contributed by atoms with van der Waals surface area (Å²) in [6, 6.07) is 9.64. The molecule has 0 aliphatic rings. The average Bonchev–Trinajstić information content (AvgIpc) is 2.87. The highest BCUT2D eigenvalue weighted by molar-refractivity contribution is 6.32. The number of hydrogen-bond donors (Lipinski definition) is 0. The average molecular weight is 325 g/mol. The Morgan fingerprint density at radius 3 is 2.76 bits per heavy atom. The fourth-order valence-electron chi connectivity index (χ4n) is 2.25. The highest BCUT2D eigenvalue weighted by Gasteiger charge is 2.15. The van der Waals surface area contributed by atoms with Gasteiger partial charge < -0.3 is 4.74 Å². The number of nitrogens with zero attached hydrogens (tertiary/aromatic N) is 2. The van der Waals surface area contributed by atoms with Crippen molar-refractivity contribution >= 4 is 34.2 Å². The second-order valence-corrected chi connectivity index (χ2v) is 5.12. The minimum absolute atomic E-state index is 0.184. The smallest absolute Gasteiger partial charge is 0.129 e. The molecule has 0 saturated carbocycles. The molecule has 108 valence electrons. The van der Waals surface area contributed by atoms with E-state index in [0.29, 0.717) is 22.3 Å². The predicted molar refractivity (Wildman–Crippen MR) is 82.1 cm³/mol. The van der Waals surface area contributed by atoms with E-state index in [9.17, 15) is 4.39 Å². The summed E-state index contributed by atoms with van der Waals surface area (Å²) < 4.78 is 20.5. The maximum atomic E-state index is 13.6. The number of imidazole rings is 1. The number of ether oxygens (including phenoxy) is 1. The predicted octanol–water partition coefficient (Wildman–Crippen LogP) is 4.57. The van der Waals surface area contributed by atoms with Crippen LogP contribution in [0.1, 0.15) is 5.82 Å². The van der Waals surface area contributed by atoms with Gasteiger partial charge in [0.25, 0.3) is 0 Å². The molecule has 0 bridgehead atoms. The second-order valence-electron chi connectivity index (χ2n) is 4.45. The van der Waals surface area contributed by atoms with Gasteiger partial charge in [-0.3, -0.25) is 4.57 Å². The van der Waals surface area contributed by atoms with Crippen LogP contribution in [-0.2, 0) is 5.88 Å². The Hall–Kier alpha value is -1.78.